The lowest BCUT2D eigenvalue weighted by Crippen LogP contribution is -2.48. The molecule has 1 heterocycles. The third kappa shape index (κ3) is 5.25. The quantitative estimate of drug-likeness (QED) is 0.791. The Morgan fingerprint density at radius 3 is 2.68 bits per heavy atom. The number of hydrogen-bond acceptors (Lipinski definition) is 4. The van der Waals surface area contributed by atoms with Crippen LogP contribution in [0.5, 0.6) is 0 Å². The van der Waals surface area contributed by atoms with Gasteiger partial charge in [-0.2, -0.15) is 0 Å². The Labute approximate surface area is 145 Å². The molecule has 124 valence electrons. The average Bonchev–Trinajstić information content (AvgIpc) is 2.97. The van der Waals surface area contributed by atoms with Crippen molar-refractivity contribution >= 4 is 33.4 Å². The minimum Gasteiger partial charge on any atom is -0.444 e. The Hall–Kier alpha value is -0.590. The second-order valence-corrected chi connectivity index (χ2v) is 8.70. The molecule has 3 atom stereocenters. The van der Waals surface area contributed by atoms with Crippen molar-refractivity contribution in [2.24, 2.45) is 0 Å². The third-order valence-corrected chi connectivity index (χ3v) is 5.57. The van der Waals surface area contributed by atoms with Gasteiger partial charge in [0.05, 0.1) is 0 Å². The van der Waals surface area contributed by atoms with Crippen molar-refractivity contribution in [1.29, 1.82) is 0 Å². The van der Waals surface area contributed by atoms with E-state index in [9.17, 15) is 4.79 Å². The number of alkyl carbamates (subject to hydrolysis) is 1. The number of carbonyl (C=O) groups excluding carboxylic acids is 1. The highest BCUT2D eigenvalue weighted by Gasteiger charge is 2.31. The van der Waals surface area contributed by atoms with Gasteiger partial charge in [0.2, 0.25) is 0 Å². The molecule has 1 saturated carbocycles. The maximum atomic E-state index is 12.0. The number of carbonyl (C=O) groups is 1. The highest BCUT2D eigenvalue weighted by atomic mass is 79.9. The summed E-state index contributed by atoms with van der Waals surface area (Å²) in [7, 11) is 0. The van der Waals surface area contributed by atoms with E-state index in [1.54, 1.807) is 11.3 Å². The molecule has 4 nitrogen and oxygen atoms in total. The molecule has 6 heteroatoms. The van der Waals surface area contributed by atoms with Crippen LogP contribution in [0.4, 0.5) is 4.79 Å². The van der Waals surface area contributed by atoms with E-state index >= 15 is 0 Å². The van der Waals surface area contributed by atoms with Crippen molar-refractivity contribution < 1.29 is 9.53 Å². The summed E-state index contributed by atoms with van der Waals surface area (Å²) in [5.41, 5.74) is -0.456. The fraction of sp³-hybridized carbons (Fsp3) is 0.688. The SMILES string of the molecule is CC(NC1CCCC1NC(=O)OC(C)(C)C)c1cc(Br)cs1. The zero-order valence-electron chi connectivity index (χ0n) is 13.6. The van der Waals surface area contributed by atoms with Gasteiger partial charge in [-0.3, -0.25) is 0 Å². The molecule has 0 radical (unpaired) electrons. The van der Waals surface area contributed by atoms with Gasteiger partial charge in [0.15, 0.2) is 0 Å². The molecule has 0 aliphatic heterocycles. The van der Waals surface area contributed by atoms with Gasteiger partial charge in [0.25, 0.3) is 0 Å². The average molecular weight is 389 g/mol. The first-order chi connectivity index (χ1) is 10.2. The van der Waals surface area contributed by atoms with Crippen LogP contribution in [0.3, 0.4) is 0 Å². The van der Waals surface area contributed by atoms with E-state index in [0.29, 0.717) is 6.04 Å². The molecule has 0 saturated heterocycles. The molecule has 3 unspecified atom stereocenters. The van der Waals surface area contributed by atoms with Crippen molar-refractivity contribution in [3.8, 4) is 0 Å². The summed E-state index contributed by atoms with van der Waals surface area (Å²) >= 11 is 5.24. The molecular weight excluding hydrogens is 364 g/mol. The van der Waals surface area contributed by atoms with Gasteiger partial charge in [-0.15, -0.1) is 11.3 Å². The number of nitrogens with one attached hydrogen (secondary N) is 2. The van der Waals surface area contributed by atoms with Crippen LogP contribution in [0.1, 0.15) is 57.9 Å². The maximum absolute atomic E-state index is 12.0. The number of thiophene rings is 1. The maximum Gasteiger partial charge on any atom is 0.407 e. The summed E-state index contributed by atoms with van der Waals surface area (Å²) in [4.78, 5) is 13.3. The highest BCUT2D eigenvalue weighted by Crippen LogP contribution is 2.28. The first-order valence-corrected chi connectivity index (χ1v) is 9.41. The van der Waals surface area contributed by atoms with Gasteiger partial charge in [0.1, 0.15) is 5.60 Å². The molecule has 1 aromatic heterocycles. The van der Waals surface area contributed by atoms with Crippen LogP contribution in [-0.2, 0) is 4.74 Å². The Bertz CT molecular complexity index is 512. The van der Waals surface area contributed by atoms with Crippen LogP contribution in [-0.4, -0.2) is 23.8 Å². The smallest absolute Gasteiger partial charge is 0.407 e. The van der Waals surface area contributed by atoms with Crippen LogP contribution in [0.15, 0.2) is 15.9 Å². The van der Waals surface area contributed by atoms with E-state index in [-0.39, 0.29) is 18.2 Å². The van der Waals surface area contributed by atoms with E-state index in [0.717, 1.165) is 23.7 Å². The lowest BCUT2D eigenvalue weighted by Gasteiger charge is -2.27. The summed E-state index contributed by atoms with van der Waals surface area (Å²) in [5, 5.41) is 8.76. The van der Waals surface area contributed by atoms with Gasteiger partial charge >= 0.3 is 6.09 Å². The monoisotopic (exact) mass is 388 g/mol. The minimum atomic E-state index is -0.456. The first kappa shape index (κ1) is 17.8. The molecule has 0 bridgehead atoms. The first-order valence-electron chi connectivity index (χ1n) is 7.74. The number of halogens is 1. The molecule has 1 aliphatic carbocycles. The number of rotatable bonds is 4. The van der Waals surface area contributed by atoms with Gasteiger partial charge in [-0.1, -0.05) is 0 Å². The molecule has 0 aromatic carbocycles. The molecule has 1 fully saturated rings. The zero-order chi connectivity index (χ0) is 16.3. The standard InChI is InChI=1S/C16H25BrN2O2S/c1-10(14-8-11(17)9-22-14)18-12-6-5-7-13(12)19-15(20)21-16(2,3)4/h8-10,12-13,18H,5-7H2,1-4H3,(H,19,20). The Kier molecular flexibility index (Phi) is 5.91. The van der Waals surface area contributed by atoms with Crippen LogP contribution in [0, 0.1) is 0 Å². The van der Waals surface area contributed by atoms with Crippen molar-refractivity contribution in [3.63, 3.8) is 0 Å². The van der Waals surface area contributed by atoms with E-state index in [4.69, 9.17) is 4.74 Å². The lowest BCUT2D eigenvalue weighted by atomic mass is 10.1. The molecule has 2 rings (SSSR count). The molecule has 1 aromatic rings. The normalized spacial score (nSPS) is 23.3. The number of amides is 1. The van der Waals surface area contributed by atoms with E-state index < -0.39 is 5.60 Å². The Balaban J connectivity index is 1.89. The zero-order valence-corrected chi connectivity index (χ0v) is 16.0. The van der Waals surface area contributed by atoms with Crippen molar-refractivity contribution in [1.82, 2.24) is 10.6 Å². The van der Waals surface area contributed by atoms with Crippen molar-refractivity contribution in [2.75, 3.05) is 0 Å². The highest BCUT2D eigenvalue weighted by molar-refractivity contribution is 9.10. The van der Waals surface area contributed by atoms with E-state index in [2.05, 4.69) is 44.9 Å². The van der Waals surface area contributed by atoms with E-state index in [1.807, 2.05) is 20.8 Å². The Morgan fingerprint density at radius 1 is 1.41 bits per heavy atom. The predicted octanol–water partition coefficient (Wildman–Crippen LogP) is 4.61. The fourth-order valence-corrected chi connectivity index (χ4v) is 4.21. The van der Waals surface area contributed by atoms with Gasteiger partial charge in [0, 0.05) is 32.9 Å². The van der Waals surface area contributed by atoms with Gasteiger partial charge in [-0.25, -0.2) is 4.79 Å². The fourth-order valence-electron chi connectivity index (χ4n) is 2.75. The summed E-state index contributed by atoms with van der Waals surface area (Å²) < 4.78 is 6.48. The summed E-state index contributed by atoms with van der Waals surface area (Å²) in [6.45, 7) is 7.82. The molecule has 1 amide bonds. The molecule has 0 spiro atoms. The van der Waals surface area contributed by atoms with Gasteiger partial charge in [-0.05, 0) is 69.0 Å². The molecule has 2 N–H and O–H groups in total. The van der Waals surface area contributed by atoms with Crippen molar-refractivity contribution in [3.05, 3.63) is 20.8 Å². The van der Waals surface area contributed by atoms with Crippen molar-refractivity contribution in [2.45, 2.75) is 70.7 Å². The van der Waals surface area contributed by atoms with Crippen LogP contribution >= 0.6 is 27.3 Å². The largest absolute Gasteiger partial charge is 0.444 e. The van der Waals surface area contributed by atoms with E-state index in [1.165, 1.54) is 4.88 Å². The summed E-state index contributed by atoms with van der Waals surface area (Å²) in [6, 6.07) is 2.86. The molecule has 1 aliphatic rings. The molecular formula is C16H25BrN2O2S. The minimum absolute atomic E-state index is 0.140. The summed E-state index contributed by atoms with van der Waals surface area (Å²) in [5.74, 6) is 0. The van der Waals surface area contributed by atoms with Gasteiger partial charge < -0.3 is 15.4 Å². The van der Waals surface area contributed by atoms with Crippen LogP contribution in [0.2, 0.25) is 0 Å². The van der Waals surface area contributed by atoms with Crippen LogP contribution < -0.4 is 10.6 Å². The molecule has 22 heavy (non-hydrogen) atoms. The summed E-state index contributed by atoms with van der Waals surface area (Å²) in [6.07, 6.45) is 2.88. The number of hydrogen-bond donors (Lipinski definition) is 2. The second-order valence-electron chi connectivity index (χ2n) is 6.85. The number of ether oxygens (including phenoxy) is 1. The van der Waals surface area contributed by atoms with Crippen LogP contribution in [0.25, 0.3) is 0 Å². The Morgan fingerprint density at radius 2 is 2.09 bits per heavy atom. The topological polar surface area (TPSA) is 50.4 Å². The third-order valence-electron chi connectivity index (χ3n) is 3.70. The second kappa shape index (κ2) is 7.32. The lowest BCUT2D eigenvalue weighted by molar-refractivity contribution is 0.0497. The predicted molar refractivity (Wildman–Crippen MR) is 94.4 cm³/mol.